The van der Waals surface area contributed by atoms with Gasteiger partial charge in [-0.25, -0.2) is 10.1 Å². The average molecular weight is 466 g/mol. The second-order valence-electron chi connectivity index (χ2n) is 5.78. The average Bonchev–Trinajstić information content (AvgIpc) is 3.09. The van der Waals surface area contributed by atoms with Crippen LogP contribution >= 0.6 is 35.0 Å². The number of nitrogens with zero attached hydrogens (tertiary/aromatic N) is 4. The molecule has 0 aliphatic heterocycles. The van der Waals surface area contributed by atoms with E-state index in [4.69, 9.17) is 33.8 Å². The molecule has 9 nitrogen and oxygen atoms in total. The van der Waals surface area contributed by atoms with Gasteiger partial charge in [0.05, 0.1) is 29.8 Å². The van der Waals surface area contributed by atoms with Gasteiger partial charge in [-0.3, -0.25) is 4.79 Å². The molecule has 2 aromatic carbocycles. The lowest BCUT2D eigenvalue weighted by Crippen LogP contribution is -2.17. The predicted octanol–water partition coefficient (Wildman–Crippen LogP) is 3.48. The molecule has 1 aromatic heterocycles. The Morgan fingerprint density at radius 1 is 1.30 bits per heavy atom. The summed E-state index contributed by atoms with van der Waals surface area (Å²) in [7, 11) is 1.59. The first-order valence-electron chi connectivity index (χ1n) is 8.47. The lowest BCUT2D eigenvalue weighted by atomic mass is 10.2. The molecule has 0 saturated carbocycles. The normalized spacial score (nSPS) is 10.9. The molecule has 0 aliphatic carbocycles. The number of halogens is 2. The van der Waals surface area contributed by atoms with Crippen LogP contribution in [-0.4, -0.2) is 39.9 Å². The van der Waals surface area contributed by atoms with Crippen LogP contribution in [-0.2, 0) is 4.79 Å². The van der Waals surface area contributed by atoms with E-state index in [-0.39, 0.29) is 17.6 Å². The van der Waals surface area contributed by atoms with Gasteiger partial charge in [-0.05, 0) is 35.9 Å². The molecule has 30 heavy (non-hydrogen) atoms. The highest BCUT2D eigenvalue weighted by molar-refractivity contribution is 7.99. The van der Waals surface area contributed by atoms with Gasteiger partial charge in [-0.2, -0.15) is 5.10 Å². The Morgan fingerprint density at radius 2 is 2.13 bits per heavy atom. The second-order valence-corrected chi connectivity index (χ2v) is 7.57. The predicted molar refractivity (Wildman–Crippen MR) is 120 cm³/mol. The van der Waals surface area contributed by atoms with Crippen LogP contribution in [0.2, 0.25) is 10.0 Å². The Kier molecular flexibility index (Phi) is 7.39. The van der Waals surface area contributed by atoms with Gasteiger partial charge in [-0.15, -0.1) is 10.2 Å². The van der Waals surface area contributed by atoms with Gasteiger partial charge >= 0.3 is 0 Å². The third-order valence-electron chi connectivity index (χ3n) is 3.67. The van der Waals surface area contributed by atoms with E-state index in [0.29, 0.717) is 20.9 Å². The number of rotatable bonds is 8. The van der Waals surface area contributed by atoms with E-state index in [0.717, 1.165) is 23.1 Å². The van der Waals surface area contributed by atoms with Gasteiger partial charge in [0.2, 0.25) is 11.1 Å². The van der Waals surface area contributed by atoms with Crippen LogP contribution in [0.15, 0.2) is 52.7 Å². The number of benzene rings is 2. The highest BCUT2D eigenvalue weighted by atomic mass is 35.5. The molecular weight excluding hydrogens is 449 g/mol. The Balaban J connectivity index is 1.55. The van der Waals surface area contributed by atoms with E-state index in [9.17, 15) is 4.79 Å². The quantitative estimate of drug-likeness (QED) is 0.201. The Hall–Kier alpha value is -2.95. The summed E-state index contributed by atoms with van der Waals surface area (Å²) in [6, 6.07) is 12.2. The van der Waals surface area contributed by atoms with E-state index in [1.165, 1.54) is 4.68 Å². The third-order valence-corrected chi connectivity index (χ3v) is 5.18. The molecule has 0 saturated heterocycles. The SMILES string of the molecule is COc1cccc(/C=N/Nc2nnc(SCC(=O)Nc3cc(Cl)ccc3Cl)n2N)c1. The molecule has 0 aliphatic rings. The van der Waals surface area contributed by atoms with Gasteiger partial charge in [-0.1, -0.05) is 47.1 Å². The molecule has 4 N–H and O–H groups in total. The molecule has 0 radical (unpaired) electrons. The number of methoxy groups -OCH3 is 1. The number of hydrogen-bond donors (Lipinski definition) is 3. The number of anilines is 2. The van der Waals surface area contributed by atoms with Gasteiger partial charge in [0.15, 0.2) is 0 Å². The van der Waals surface area contributed by atoms with Crippen LogP contribution in [0.1, 0.15) is 5.56 Å². The Bertz CT molecular complexity index is 1070. The first-order valence-corrected chi connectivity index (χ1v) is 10.2. The van der Waals surface area contributed by atoms with Crippen LogP contribution < -0.4 is 21.3 Å². The smallest absolute Gasteiger partial charge is 0.264 e. The summed E-state index contributed by atoms with van der Waals surface area (Å²) in [6.45, 7) is 0. The first kappa shape index (κ1) is 21.8. The number of ether oxygens (including phenoxy) is 1. The summed E-state index contributed by atoms with van der Waals surface area (Å²) >= 11 is 13.1. The molecule has 0 bridgehead atoms. The Labute approximate surface area is 186 Å². The standard InChI is InChI=1S/C18H17Cl2N7O2S/c1-29-13-4-2-3-11(7-13)9-22-24-17-25-26-18(27(17)21)30-10-16(28)23-15-8-12(19)5-6-14(15)20/h2-9H,10,21H2,1H3,(H,23,28)(H,24,25)/b22-9+. The molecule has 1 heterocycles. The number of aromatic nitrogens is 3. The largest absolute Gasteiger partial charge is 0.497 e. The lowest BCUT2D eigenvalue weighted by molar-refractivity contribution is -0.113. The van der Waals surface area contributed by atoms with Crippen molar-refractivity contribution in [2.75, 3.05) is 29.4 Å². The zero-order valence-corrected chi connectivity index (χ0v) is 18.0. The molecule has 156 valence electrons. The van der Waals surface area contributed by atoms with E-state index in [1.54, 1.807) is 31.5 Å². The number of carbonyl (C=O) groups excluding carboxylic acids is 1. The summed E-state index contributed by atoms with van der Waals surface area (Å²) in [5, 5.41) is 15.8. The van der Waals surface area contributed by atoms with Crippen molar-refractivity contribution in [3.8, 4) is 5.75 Å². The summed E-state index contributed by atoms with van der Waals surface area (Å²) < 4.78 is 6.36. The first-order chi connectivity index (χ1) is 14.5. The number of hydrogen-bond acceptors (Lipinski definition) is 8. The highest BCUT2D eigenvalue weighted by Gasteiger charge is 2.13. The fourth-order valence-corrected chi connectivity index (χ4v) is 3.24. The summed E-state index contributed by atoms with van der Waals surface area (Å²) in [5.74, 6) is 6.65. The second kappa shape index (κ2) is 10.2. The van der Waals surface area contributed by atoms with E-state index < -0.39 is 0 Å². The van der Waals surface area contributed by atoms with Crippen molar-refractivity contribution in [3.63, 3.8) is 0 Å². The summed E-state index contributed by atoms with van der Waals surface area (Å²) in [6.07, 6.45) is 1.59. The molecule has 1 amide bonds. The van der Waals surface area contributed by atoms with E-state index >= 15 is 0 Å². The van der Waals surface area contributed by atoms with Crippen LogP contribution in [0.4, 0.5) is 11.6 Å². The maximum Gasteiger partial charge on any atom is 0.264 e. The van der Waals surface area contributed by atoms with Crippen LogP contribution in [0.25, 0.3) is 0 Å². The van der Waals surface area contributed by atoms with Gasteiger partial charge in [0, 0.05) is 5.02 Å². The van der Waals surface area contributed by atoms with Gasteiger partial charge in [0.25, 0.3) is 5.95 Å². The van der Waals surface area contributed by atoms with Crippen molar-refractivity contribution in [3.05, 3.63) is 58.1 Å². The van der Waals surface area contributed by atoms with Crippen molar-refractivity contribution < 1.29 is 9.53 Å². The summed E-state index contributed by atoms with van der Waals surface area (Å²) in [5.41, 5.74) is 3.97. The van der Waals surface area contributed by atoms with Gasteiger partial charge < -0.3 is 15.9 Å². The van der Waals surface area contributed by atoms with Gasteiger partial charge in [0.1, 0.15) is 5.75 Å². The number of thioether (sulfide) groups is 1. The third kappa shape index (κ3) is 5.78. The number of carbonyl (C=O) groups is 1. The Morgan fingerprint density at radius 3 is 2.93 bits per heavy atom. The highest BCUT2D eigenvalue weighted by Crippen LogP contribution is 2.26. The minimum absolute atomic E-state index is 0.0469. The molecular formula is C18H17Cl2N7O2S. The van der Waals surface area contributed by atoms with Crippen LogP contribution in [0.3, 0.4) is 0 Å². The molecule has 3 rings (SSSR count). The topological polar surface area (TPSA) is 119 Å². The fraction of sp³-hybridized carbons (Fsp3) is 0.111. The van der Waals surface area contributed by atoms with Crippen molar-refractivity contribution in [1.82, 2.24) is 14.9 Å². The summed E-state index contributed by atoms with van der Waals surface area (Å²) in [4.78, 5) is 12.2. The number of nitrogens with two attached hydrogens (primary N) is 1. The maximum atomic E-state index is 12.2. The fourth-order valence-electron chi connectivity index (χ4n) is 2.25. The maximum absolute atomic E-state index is 12.2. The number of nitrogens with one attached hydrogen (secondary N) is 2. The number of amides is 1. The van der Waals surface area contributed by atoms with Crippen molar-refractivity contribution >= 4 is 58.7 Å². The molecule has 0 fully saturated rings. The molecule has 0 unspecified atom stereocenters. The van der Waals surface area contributed by atoms with Crippen LogP contribution in [0, 0.1) is 0 Å². The van der Waals surface area contributed by atoms with Crippen molar-refractivity contribution in [2.45, 2.75) is 5.16 Å². The molecule has 0 spiro atoms. The molecule has 12 heteroatoms. The molecule has 3 aromatic rings. The number of hydrazone groups is 1. The lowest BCUT2D eigenvalue weighted by Gasteiger charge is -2.07. The minimum atomic E-state index is -0.294. The zero-order valence-electron chi connectivity index (χ0n) is 15.7. The number of nitrogen functional groups attached to an aromatic ring is 1. The molecule has 0 atom stereocenters. The monoisotopic (exact) mass is 465 g/mol. The van der Waals surface area contributed by atoms with Crippen molar-refractivity contribution in [2.24, 2.45) is 5.10 Å². The van der Waals surface area contributed by atoms with E-state index in [1.807, 2.05) is 24.3 Å². The van der Waals surface area contributed by atoms with E-state index in [2.05, 4.69) is 26.0 Å². The van der Waals surface area contributed by atoms with Crippen LogP contribution in [0.5, 0.6) is 5.75 Å². The van der Waals surface area contributed by atoms with Crippen molar-refractivity contribution in [1.29, 1.82) is 0 Å². The minimum Gasteiger partial charge on any atom is -0.497 e. The zero-order chi connectivity index (χ0) is 21.5.